The van der Waals surface area contributed by atoms with Crippen molar-refractivity contribution in [3.8, 4) is 0 Å². The molecule has 2 bridgehead atoms. The SMILES string of the molecule is Cc1cc2nc3c(nc2cc1C)C1(C(=O)N2CCc4ccccc4C2)CCC3(C)C1(C)C. The molecule has 164 valence electrons. The van der Waals surface area contributed by atoms with E-state index in [9.17, 15) is 4.79 Å². The van der Waals surface area contributed by atoms with Crippen LogP contribution >= 0.6 is 0 Å². The summed E-state index contributed by atoms with van der Waals surface area (Å²) in [5.74, 6) is 0.247. The molecule has 4 heteroatoms. The Morgan fingerprint density at radius 2 is 1.53 bits per heavy atom. The Hall–Kier alpha value is -2.75. The fourth-order valence-corrected chi connectivity index (χ4v) is 6.77. The van der Waals surface area contributed by atoms with Gasteiger partial charge in [-0.1, -0.05) is 45.0 Å². The second-order valence-corrected chi connectivity index (χ2v) is 11.0. The van der Waals surface area contributed by atoms with Gasteiger partial charge >= 0.3 is 0 Å². The second kappa shape index (κ2) is 6.18. The van der Waals surface area contributed by atoms with Crippen molar-refractivity contribution in [2.75, 3.05) is 6.54 Å². The second-order valence-electron chi connectivity index (χ2n) is 11.0. The number of nitrogens with zero attached hydrogens (tertiary/aromatic N) is 3. The largest absolute Gasteiger partial charge is 0.337 e. The smallest absolute Gasteiger partial charge is 0.235 e. The molecule has 2 unspecified atom stereocenters. The van der Waals surface area contributed by atoms with Gasteiger partial charge in [0.15, 0.2) is 0 Å². The molecule has 2 atom stereocenters. The molecular weight excluding hydrogens is 394 g/mol. The molecule has 1 aliphatic heterocycles. The molecule has 0 radical (unpaired) electrons. The molecule has 1 amide bonds. The van der Waals surface area contributed by atoms with Gasteiger partial charge in [-0.15, -0.1) is 0 Å². The monoisotopic (exact) mass is 425 g/mol. The van der Waals surface area contributed by atoms with Crippen LogP contribution in [0.2, 0.25) is 0 Å². The standard InChI is InChI=1S/C28H31N3O/c1-17-14-21-22(15-18(17)2)30-24-23(29-21)27(5)11-12-28(24,26(27,3)4)25(32)31-13-10-19-8-6-7-9-20(19)16-31/h6-9,14-15H,10-13,16H2,1-5H3. The molecule has 1 aromatic heterocycles. The highest BCUT2D eigenvalue weighted by molar-refractivity contribution is 5.93. The molecule has 32 heavy (non-hydrogen) atoms. The van der Waals surface area contributed by atoms with Crippen LogP contribution in [-0.2, 0) is 28.6 Å². The van der Waals surface area contributed by atoms with Gasteiger partial charge in [0, 0.05) is 18.5 Å². The zero-order valence-corrected chi connectivity index (χ0v) is 19.7. The van der Waals surface area contributed by atoms with Crippen LogP contribution in [0.25, 0.3) is 11.0 Å². The molecule has 6 rings (SSSR count). The Labute approximate surface area is 190 Å². The third kappa shape index (κ3) is 2.21. The zero-order chi connectivity index (χ0) is 22.5. The van der Waals surface area contributed by atoms with Gasteiger partial charge in [0.25, 0.3) is 0 Å². The summed E-state index contributed by atoms with van der Waals surface area (Å²) in [4.78, 5) is 26.9. The van der Waals surface area contributed by atoms with Crippen LogP contribution < -0.4 is 0 Å². The summed E-state index contributed by atoms with van der Waals surface area (Å²) in [6.07, 6.45) is 2.75. The first-order valence-electron chi connectivity index (χ1n) is 11.9. The lowest BCUT2D eigenvalue weighted by Crippen LogP contribution is -2.53. The maximum atomic E-state index is 14.4. The van der Waals surface area contributed by atoms with E-state index < -0.39 is 5.41 Å². The highest BCUT2D eigenvalue weighted by Gasteiger charge is 2.73. The van der Waals surface area contributed by atoms with E-state index in [1.807, 2.05) is 0 Å². The quantitative estimate of drug-likeness (QED) is 0.541. The Morgan fingerprint density at radius 1 is 0.906 bits per heavy atom. The van der Waals surface area contributed by atoms with Crippen LogP contribution in [0, 0.1) is 19.3 Å². The minimum atomic E-state index is -0.608. The topological polar surface area (TPSA) is 46.1 Å². The van der Waals surface area contributed by atoms with Crippen LogP contribution in [-0.4, -0.2) is 27.3 Å². The van der Waals surface area contributed by atoms with Gasteiger partial charge in [-0.2, -0.15) is 0 Å². The molecule has 3 aromatic rings. The van der Waals surface area contributed by atoms with Crippen molar-refractivity contribution in [2.45, 2.75) is 71.3 Å². The first-order valence-corrected chi connectivity index (χ1v) is 11.9. The summed E-state index contributed by atoms with van der Waals surface area (Å²) < 4.78 is 0. The summed E-state index contributed by atoms with van der Waals surface area (Å²) in [5.41, 5.74) is 7.95. The van der Waals surface area contributed by atoms with E-state index in [4.69, 9.17) is 9.97 Å². The van der Waals surface area contributed by atoms with Crippen molar-refractivity contribution in [3.63, 3.8) is 0 Å². The summed E-state index contributed by atoms with van der Waals surface area (Å²) in [6, 6.07) is 12.8. The molecule has 2 aliphatic carbocycles. The van der Waals surface area contributed by atoms with E-state index in [1.165, 1.54) is 22.3 Å². The van der Waals surface area contributed by atoms with Crippen molar-refractivity contribution < 1.29 is 4.79 Å². The number of fused-ring (bicyclic) bond motifs is 7. The first-order chi connectivity index (χ1) is 15.2. The lowest BCUT2D eigenvalue weighted by atomic mass is 9.63. The van der Waals surface area contributed by atoms with E-state index in [2.05, 4.69) is 75.9 Å². The van der Waals surface area contributed by atoms with E-state index in [0.717, 1.165) is 48.2 Å². The lowest BCUT2D eigenvalue weighted by Gasteiger charge is -2.43. The van der Waals surface area contributed by atoms with Gasteiger partial charge in [-0.05, 0) is 72.9 Å². The average molecular weight is 426 g/mol. The molecule has 0 spiro atoms. The van der Waals surface area contributed by atoms with Gasteiger partial charge < -0.3 is 4.90 Å². The Balaban J connectivity index is 1.53. The highest BCUT2D eigenvalue weighted by atomic mass is 16.2. The van der Waals surface area contributed by atoms with Gasteiger partial charge in [0.05, 0.1) is 27.8 Å². The molecule has 4 nitrogen and oxygen atoms in total. The molecule has 1 saturated carbocycles. The molecule has 1 fully saturated rings. The lowest BCUT2D eigenvalue weighted by molar-refractivity contribution is -0.142. The molecule has 3 aliphatic rings. The number of benzene rings is 2. The number of aromatic nitrogens is 2. The molecule has 2 aromatic carbocycles. The molecule has 0 saturated heterocycles. The summed E-state index contributed by atoms with van der Waals surface area (Å²) >= 11 is 0. The number of carbonyl (C=O) groups is 1. The number of aryl methyl sites for hydroxylation is 2. The van der Waals surface area contributed by atoms with Gasteiger partial charge in [0.1, 0.15) is 0 Å². The van der Waals surface area contributed by atoms with E-state index in [0.29, 0.717) is 6.54 Å². The molecular formula is C28H31N3O. The number of hydrogen-bond donors (Lipinski definition) is 0. The summed E-state index contributed by atoms with van der Waals surface area (Å²) in [5, 5.41) is 0. The minimum Gasteiger partial charge on any atom is -0.337 e. The summed E-state index contributed by atoms with van der Waals surface area (Å²) in [7, 11) is 0. The van der Waals surface area contributed by atoms with Gasteiger partial charge in [0.2, 0.25) is 5.91 Å². The third-order valence-electron chi connectivity index (χ3n) is 9.44. The average Bonchev–Trinajstić information content (AvgIpc) is 3.07. The van der Waals surface area contributed by atoms with Gasteiger partial charge in [-0.25, -0.2) is 9.97 Å². The zero-order valence-electron chi connectivity index (χ0n) is 19.7. The van der Waals surface area contributed by atoms with Crippen LogP contribution in [0.4, 0.5) is 0 Å². The molecule has 2 heterocycles. The maximum Gasteiger partial charge on any atom is 0.235 e. The van der Waals surface area contributed by atoms with Crippen LogP contribution in [0.5, 0.6) is 0 Å². The Kier molecular flexibility index (Phi) is 3.84. The number of hydrogen-bond acceptors (Lipinski definition) is 3. The predicted octanol–water partition coefficient (Wildman–Crippen LogP) is 5.16. The number of amides is 1. The fraction of sp³-hybridized carbons (Fsp3) is 0.464. The van der Waals surface area contributed by atoms with Crippen molar-refractivity contribution in [1.82, 2.24) is 14.9 Å². The van der Waals surface area contributed by atoms with Crippen molar-refractivity contribution >= 4 is 16.9 Å². The van der Waals surface area contributed by atoms with Crippen LogP contribution in [0.3, 0.4) is 0 Å². The number of rotatable bonds is 1. The third-order valence-corrected chi connectivity index (χ3v) is 9.44. The minimum absolute atomic E-state index is 0.147. The predicted molar refractivity (Wildman–Crippen MR) is 127 cm³/mol. The van der Waals surface area contributed by atoms with E-state index >= 15 is 0 Å². The maximum absolute atomic E-state index is 14.4. The van der Waals surface area contributed by atoms with E-state index in [1.54, 1.807) is 0 Å². The van der Waals surface area contributed by atoms with Crippen molar-refractivity contribution in [3.05, 3.63) is 70.0 Å². The summed E-state index contributed by atoms with van der Waals surface area (Å²) in [6.45, 7) is 12.6. The number of carbonyl (C=O) groups excluding carboxylic acids is 1. The van der Waals surface area contributed by atoms with Crippen LogP contribution in [0.15, 0.2) is 36.4 Å². The normalized spacial score (nSPS) is 27.5. The van der Waals surface area contributed by atoms with E-state index in [-0.39, 0.29) is 16.7 Å². The Bertz CT molecular complexity index is 1310. The van der Waals surface area contributed by atoms with Gasteiger partial charge in [-0.3, -0.25) is 4.79 Å². The fourth-order valence-electron chi connectivity index (χ4n) is 6.77. The van der Waals surface area contributed by atoms with Crippen molar-refractivity contribution in [2.24, 2.45) is 5.41 Å². The highest BCUT2D eigenvalue weighted by Crippen LogP contribution is 2.70. The Morgan fingerprint density at radius 3 is 2.22 bits per heavy atom. The van der Waals surface area contributed by atoms with Crippen LogP contribution in [0.1, 0.15) is 67.3 Å². The molecule has 0 N–H and O–H groups in total. The first kappa shape index (κ1) is 19.9. The van der Waals surface area contributed by atoms with Crippen molar-refractivity contribution in [1.29, 1.82) is 0 Å².